The van der Waals surface area contributed by atoms with Gasteiger partial charge in [0.05, 0.1) is 24.7 Å². The van der Waals surface area contributed by atoms with E-state index in [0.29, 0.717) is 25.9 Å². The zero-order valence-corrected chi connectivity index (χ0v) is 14.5. The van der Waals surface area contributed by atoms with Crippen molar-refractivity contribution in [2.45, 2.75) is 57.3 Å². The standard InChI is InChI=1S/C19H27NO4/c1-13-3-4-14(2)15(9-13)10-18(23)20-7-5-19(6-8-20)11-16(21)17(22)12-24-19/h3-4,9,16-17,21-22H,5-8,10-12H2,1-2H3/t16-,17+/m1/s1. The smallest absolute Gasteiger partial charge is 0.227 e. The molecule has 2 atom stereocenters. The molecular weight excluding hydrogens is 306 g/mol. The molecule has 0 aromatic heterocycles. The summed E-state index contributed by atoms with van der Waals surface area (Å²) in [6.45, 7) is 5.55. The molecule has 2 heterocycles. The molecule has 1 aromatic rings. The maximum Gasteiger partial charge on any atom is 0.227 e. The van der Waals surface area contributed by atoms with E-state index in [4.69, 9.17) is 4.74 Å². The van der Waals surface area contributed by atoms with Gasteiger partial charge in [0, 0.05) is 19.5 Å². The summed E-state index contributed by atoms with van der Waals surface area (Å²) in [5, 5.41) is 19.5. The second-order valence-electron chi connectivity index (χ2n) is 7.32. The Hall–Kier alpha value is -1.43. The van der Waals surface area contributed by atoms with Crippen molar-refractivity contribution in [2.75, 3.05) is 19.7 Å². The third-order valence-electron chi connectivity index (χ3n) is 5.46. The Morgan fingerprint density at radius 1 is 1.25 bits per heavy atom. The van der Waals surface area contributed by atoms with Crippen molar-refractivity contribution in [1.82, 2.24) is 4.90 Å². The van der Waals surface area contributed by atoms with Crippen LogP contribution in [-0.2, 0) is 16.0 Å². The minimum Gasteiger partial charge on any atom is -0.390 e. The van der Waals surface area contributed by atoms with E-state index in [2.05, 4.69) is 18.2 Å². The number of nitrogens with zero attached hydrogens (tertiary/aromatic N) is 1. The van der Waals surface area contributed by atoms with Gasteiger partial charge in [-0.15, -0.1) is 0 Å². The number of amides is 1. The van der Waals surface area contributed by atoms with Crippen LogP contribution < -0.4 is 0 Å². The van der Waals surface area contributed by atoms with Crippen molar-refractivity contribution in [3.8, 4) is 0 Å². The molecule has 2 aliphatic rings. The van der Waals surface area contributed by atoms with Gasteiger partial charge in [-0.25, -0.2) is 0 Å². The van der Waals surface area contributed by atoms with Crippen molar-refractivity contribution < 1.29 is 19.7 Å². The Bertz CT molecular complexity index is 607. The Morgan fingerprint density at radius 3 is 2.62 bits per heavy atom. The SMILES string of the molecule is Cc1ccc(C)c(CC(=O)N2CCC3(CC2)C[C@@H](O)[C@@H](O)CO3)c1. The minimum absolute atomic E-state index is 0.148. The molecule has 0 radical (unpaired) electrons. The Kier molecular flexibility index (Phi) is 4.95. The fourth-order valence-electron chi connectivity index (χ4n) is 3.73. The molecule has 2 saturated heterocycles. The zero-order chi connectivity index (χ0) is 17.3. The van der Waals surface area contributed by atoms with Gasteiger partial charge in [-0.2, -0.15) is 0 Å². The Labute approximate surface area is 143 Å². The number of likely N-dealkylation sites (tertiary alicyclic amines) is 1. The molecular formula is C19H27NO4. The van der Waals surface area contributed by atoms with E-state index < -0.39 is 12.2 Å². The lowest BCUT2D eigenvalue weighted by Crippen LogP contribution is -2.55. The average molecular weight is 333 g/mol. The molecule has 0 saturated carbocycles. The highest BCUT2D eigenvalue weighted by molar-refractivity contribution is 5.79. The molecule has 0 aliphatic carbocycles. The molecule has 2 fully saturated rings. The van der Waals surface area contributed by atoms with Gasteiger partial charge >= 0.3 is 0 Å². The number of aryl methyl sites for hydroxylation is 2. The molecule has 132 valence electrons. The van der Waals surface area contributed by atoms with Crippen LogP contribution >= 0.6 is 0 Å². The number of hydrogen-bond acceptors (Lipinski definition) is 4. The highest BCUT2D eigenvalue weighted by atomic mass is 16.5. The predicted molar refractivity (Wildman–Crippen MR) is 90.7 cm³/mol. The monoisotopic (exact) mass is 333 g/mol. The van der Waals surface area contributed by atoms with Gasteiger partial charge in [0.1, 0.15) is 6.10 Å². The Morgan fingerprint density at radius 2 is 1.96 bits per heavy atom. The van der Waals surface area contributed by atoms with E-state index >= 15 is 0 Å². The molecule has 0 unspecified atom stereocenters. The number of aliphatic hydroxyl groups excluding tert-OH is 2. The number of hydrogen-bond donors (Lipinski definition) is 2. The molecule has 0 bridgehead atoms. The largest absolute Gasteiger partial charge is 0.390 e. The van der Waals surface area contributed by atoms with Gasteiger partial charge in [-0.1, -0.05) is 23.8 Å². The van der Waals surface area contributed by atoms with Crippen LogP contribution in [0.15, 0.2) is 18.2 Å². The van der Waals surface area contributed by atoms with Crippen LogP contribution in [0.5, 0.6) is 0 Å². The summed E-state index contributed by atoms with van der Waals surface area (Å²) in [5.41, 5.74) is 3.03. The fourth-order valence-corrected chi connectivity index (χ4v) is 3.73. The number of carbonyl (C=O) groups is 1. The molecule has 1 amide bonds. The predicted octanol–water partition coefficient (Wildman–Crippen LogP) is 1.35. The summed E-state index contributed by atoms with van der Waals surface area (Å²) in [7, 11) is 0. The average Bonchev–Trinajstić information content (AvgIpc) is 2.55. The lowest BCUT2D eigenvalue weighted by Gasteiger charge is -2.46. The van der Waals surface area contributed by atoms with Gasteiger partial charge < -0.3 is 19.8 Å². The van der Waals surface area contributed by atoms with Crippen LogP contribution in [0.25, 0.3) is 0 Å². The molecule has 1 spiro atoms. The van der Waals surface area contributed by atoms with Crippen LogP contribution in [0.4, 0.5) is 0 Å². The van der Waals surface area contributed by atoms with Crippen molar-refractivity contribution in [3.05, 3.63) is 34.9 Å². The highest BCUT2D eigenvalue weighted by Gasteiger charge is 2.43. The van der Waals surface area contributed by atoms with Crippen LogP contribution in [-0.4, -0.2) is 58.5 Å². The van der Waals surface area contributed by atoms with Crippen LogP contribution in [0.2, 0.25) is 0 Å². The number of aliphatic hydroxyl groups is 2. The third-order valence-corrected chi connectivity index (χ3v) is 5.46. The number of benzene rings is 1. The van der Waals surface area contributed by atoms with Crippen molar-refractivity contribution in [1.29, 1.82) is 0 Å². The van der Waals surface area contributed by atoms with E-state index in [0.717, 1.165) is 24.0 Å². The lowest BCUT2D eigenvalue weighted by atomic mass is 9.82. The maximum absolute atomic E-state index is 12.6. The molecule has 2 aliphatic heterocycles. The van der Waals surface area contributed by atoms with E-state index in [1.165, 1.54) is 5.56 Å². The van der Waals surface area contributed by atoms with E-state index in [9.17, 15) is 15.0 Å². The van der Waals surface area contributed by atoms with Crippen molar-refractivity contribution >= 4 is 5.91 Å². The molecule has 3 rings (SSSR count). The number of rotatable bonds is 2. The zero-order valence-electron chi connectivity index (χ0n) is 14.5. The van der Waals surface area contributed by atoms with Gasteiger partial charge in [-0.3, -0.25) is 4.79 Å². The summed E-state index contributed by atoms with van der Waals surface area (Å²) < 4.78 is 5.82. The summed E-state index contributed by atoms with van der Waals surface area (Å²) in [4.78, 5) is 14.5. The molecule has 5 nitrogen and oxygen atoms in total. The quantitative estimate of drug-likeness (QED) is 0.857. The summed E-state index contributed by atoms with van der Waals surface area (Å²) in [6.07, 6.45) is 0.802. The summed E-state index contributed by atoms with van der Waals surface area (Å²) in [6, 6.07) is 6.21. The highest BCUT2D eigenvalue weighted by Crippen LogP contribution is 2.35. The van der Waals surface area contributed by atoms with Gasteiger partial charge in [-0.05, 0) is 37.8 Å². The number of carbonyl (C=O) groups excluding carboxylic acids is 1. The van der Waals surface area contributed by atoms with Crippen LogP contribution in [0.1, 0.15) is 36.0 Å². The Balaban J connectivity index is 1.58. The maximum atomic E-state index is 12.6. The number of ether oxygens (including phenoxy) is 1. The van der Waals surface area contributed by atoms with Gasteiger partial charge in [0.25, 0.3) is 0 Å². The second kappa shape index (κ2) is 6.82. The first kappa shape index (κ1) is 17.4. The van der Waals surface area contributed by atoms with Crippen molar-refractivity contribution in [2.24, 2.45) is 0 Å². The van der Waals surface area contributed by atoms with E-state index in [-0.39, 0.29) is 18.1 Å². The first-order chi connectivity index (χ1) is 11.4. The molecule has 24 heavy (non-hydrogen) atoms. The third kappa shape index (κ3) is 3.63. The molecule has 1 aromatic carbocycles. The van der Waals surface area contributed by atoms with E-state index in [1.807, 2.05) is 18.7 Å². The van der Waals surface area contributed by atoms with E-state index in [1.54, 1.807) is 0 Å². The fraction of sp³-hybridized carbons (Fsp3) is 0.632. The van der Waals surface area contributed by atoms with Crippen LogP contribution in [0, 0.1) is 13.8 Å². The van der Waals surface area contributed by atoms with Gasteiger partial charge in [0.2, 0.25) is 5.91 Å². The van der Waals surface area contributed by atoms with Crippen molar-refractivity contribution in [3.63, 3.8) is 0 Å². The first-order valence-electron chi connectivity index (χ1n) is 8.73. The number of piperidine rings is 1. The van der Waals surface area contributed by atoms with Crippen LogP contribution in [0.3, 0.4) is 0 Å². The second-order valence-corrected chi connectivity index (χ2v) is 7.32. The topological polar surface area (TPSA) is 70.0 Å². The summed E-state index contributed by atoms with van der Waals surface area (Å²) >= 11 is 0. The normalized spacial score (nSPS) is 26.6. The lowest BCUT2D eigenvalue weighted by molar-refractivity contribution is -0.188. The van der Waals surface area contributed by atoms with Gasteiger partial charge in [0.15, 0.2) is 0 Å². The molecule has 5 heteroatoms. The first-order valence-corrected chi connectivity index (χ1v) is 8.73. The minimum atomic E-state index is -0.792. The molecule has 2 N–H and O–H groups in total. The summed E-state index contributed by atoms with van der Waals surface area (Å²) in [5.74, 6) is 0.148.